The molecule has 1 heteroatoms. The zero-order valence-electron chi connectivity index (χ0n) is 10.7. The van der Waals surface area contributed by atoms with Crippen LogP contribution in [0.25, 0.3) is 0 Å². The van der Waals surface area contributed by atoms with E-state index in [0.29, 0.717) is 6.42 Å². The van der Waals surface area contributed by atoms with Gasteiger partial charge in [-0.05, 0) is 31.1 Å². The molecule has 0 aliphatic heterocycles. The van der Waals surface area contributed by atoms with E-state index in [0.717, 1.165) is 24.0 Å². The molecule has 1 aliphatic carbocycles. The molecule has 1 aromatic rings. The highest BCUT2D eigenvalue weighted by Crippen LogP contribution is 2.25. The minimum Gasteiger partial charge on any atom is -0.385 e. The Bertz CT molecular complexity index is 514. The second-order valence-electron chi connectivity index (χ2n) is 4.67. The lowest BCUT2D eigenvalue weighted by Crippen LogP contribution is -2.26. The topological polar surface area (TPSA) is 20.2 Å². The van der Waals surface area contributed by atoms with Crippen LogP contribution in [0, 0.1) is 11.8 Å². The third-order valence-electron chi connectivity index (χ3n) is 3.06. The van der Waals surface area contributed by atoms with E-state index in [-0.39, 0.29) is 0 Å². The van der Waals surface area contributed by atoms with Crippen molar-refractivity contribution in [1.82, 2.24) is 0 Å². The predicted octanol–water partition coefficient (Wildman–Crippen LogP) is 3.46. The summed E-state index contributed by atoms with van der Waals surface area (Å²) >= 11 is 0. The molecule has 0 saturated heterocycles. The van der Waals surface area contributed by atoms with Gasteiger partial charge in [0.2, 0.25) is 0 Å². The molecule has 0 spiro atoms. The molecule has 1 atom stereocenters. The van der Waals surface area contributed by atoms with Gasteiger partial charge in [0.25, 0.3) is 0 Å². The van der Waals surface area contributed by atoms with Crippen molar-refractivity contribution in [2.45, 2.75) is 31.8 Å². The first kappa shape index (κ1) is 12.7. The first-order valence-corrected chi connectivity index (χ1v) is 6.41. The molecular formula is C17H18O. The molecule has 0 radical (unpaired) electrons. The van der Waals surface area contributed by atoms with E-state index < -0.39 is 5.60 Å². The maximum absolute atomic E-state index is 10.2. The average molecular weight is 238 g/mol. The van der Waals surface area contributed by atoms with Gasteiger partial charge in [-0.2, -0.15) is 0 Å². The Hall–Kier alpha value is -1.78. The van der Waals surface area contributed by atoms with E-state index in [4.69, 9.17) is 0 Å². The van der Waals surface area contributed by atoms with Crippen molar-refractivity contribution in [3.8, 4) is 11.8 Å². The normalized spacial score (nSPS) is 22.0. The van der Waals surface area contributed by atoms with Crippen LogP contribution in [0.15, 0.2) is 54.1 Å². The average Bonchev–Trinajstić information content (AvgIpc) is 2.40. The van der Waals surface area contributed by atoms with Gasteiger partial charge in [-0.1, -0.05) is 55.5 Å². The van der Waals surface area contributed by atoms with Crippen LogP contribution >= 0.6 is 0 Å². The quantitative estimate of drug-likeness (QED) is 0.782. The zero-order chi connectivity index (χ0) is 12.8. The third kappa shape index (κ3) is 3.35. The van der Waals surface area contributed by atoms with Crippen LogP contribution in [-0.2, 0) is 0 Å². The van der Waals surface area contributed by atoms with Crippen molar-refractivity contribution in [3.05, 3.63) is 59.7 Å². The fourth-order valence-electron chi connectivity index (χ4n) is 2.04. The molecule has 1 N–H and O–H groups in total. The molecule has 92 valence electrons. The van der Waals surface area contributed by atoms with E-state index in [2.05, 4.69) is 18.8 Å². The van der Waals surface area contributed by atoms with E-state index >= 15 is 0 Å². The molecule has 0 amide bonds. The monoisotopic (exact) mass is 238 g/mol. The second kappa shape index (κ2) is 5.71. The van der Waals surface area contributed by atoms with Crippen LogP contribution in [0.5, 0.6) is 0 Å². The minimum absolute atomic E-state index is 0.660. The highest BCUT2D eigenvalue weighted by atomic mass is 16.3. The predicted molar refractivity (Wildman–Crippen MR) is 75.0 cm³/mol. The summed E-state index contributed by atoms with van der Waals surface area (Å²) in [5.74, 6) is 6.25. The van der Waals surface area contributed by atoms with Crippen LogP contribution in [-0.4, -0.2) is 10.7 Å². The molecule has 0 fully saturated rings. The maximum atomic E-state index is 10.2. The van der Waals surface area contributed by atoms with Crippen molar-refractivity contribution < 1.29 is 5.11 Å². The first-order valence-electron chi connectivity index (χ1n) is 6.41. The Kier molecular flexibility index (Phi) is 4.02. The van der Waals surface area contributed by atoms with E-state index in [1.54, 1.807) is 0 Å². The fraction of sp³-hybridized carbons (Fsp3) is 0.294. The van der Waals surface area contributed by atoms with Gasteiger partial charge in [0, 0.05) is 11.1 Å². The van der Waals surface area contributed by atoms with Gasteiger partial charge in [-0.15, -0.1) is 0 Å². The van der Waals surface area contributed by atoms with Gasteiger partial charge in [0.05, 0.1) is 5.60 Å². The Balaban J connectivity index is 2.05. The van der Waals surface area contributed by atoms with Crippen molar-refractivity contribution in [2.24, 2.45) is 0 Å². The standard InChI is InChI=1S/C17H18O/c1-2-12-17(18)13-10-16(11-14-17)9-8-15-6-4-3-5-7-15/h3-7,10-11,13,18H,2,12,14H2,1H3. The van der Waals surface area contributed by atoms with E-state index in [9.17, 15) is 5.11 Å². The SMILES string of the molecule is CCCC1(O)C=CC(C#Cc2ccccc2)=CC1. The molecule has 2 rings (SSSR count). The van der Waals surface area contributed by atoms with Crippen LogP contribution in [0.4, 0.5) is 0 Å². The van der Waals surface area contributed by atoms with E-state index in [1.807, 2.05) is 48.6 Å². The second-order valence-corrected chi connectivity index (χ2v) is 4.67. The van der Waals surface area contributed by atoms with Crippen molar-refractivity contribution in [2.75, 3.05) is 0 Å². The summed E-state index contributed by atoms with van der Waals surface area (Å²) in [7, 11) is 0. The summed E-state index contributed by atoms with van der Waals surface area (Å²) in [6.45, 7) is 2.08. The summed E-state index contributed by atoms with van der Waals surface area (Å²) in [6, 6.07) is 9.93. The summed E-state index contributed by atoms with van der Waals surface area (Å²) in [6.07, 6.45) is 8.28. The minimum atomic E-state index is -0.660. The van der Waals surface area contributed by atoms with E-state index in [1.165, 1.54) is 0 Å². The third-order valence-corrected chi connectivity index (χ3v) is 3.06. The van der Waals surface area contributed by atoms with Crippen LogP contribution < -0.4 is 0 Å². The van der Waals surface area contributed by atoms with Crippen molar-refractivity contribution >= 4 is 0 Å². The molecule has 0 heterocycles. The Morgan fingerprint density at radius 3 is 2.61 bits per heavy atom. The van der Waals surface area contributed by atoms with Crippen LogP contribution in [0.2, 0.25) is 0 Å². The van der Waals surface area contributed by atoms with Crippen LogP contribution in [0.1, 0.15) is 31.7 Å². The highest BCUT2D eigenvalue weighted by molar-refractivity contribution is 5.46. The van der Waals surface area contributed by atoms with Gasteiger partial charge in [0.15, 0.2) is 0 Å². The molecule has 1 aromatic carbocycles. The molecule has 0 saturated carbocycles. The molecule has 1 unspecified atom stereocenters. The maximum Gasteiger partial charge on any atom is 0.0865 e. The van der Waals surface area contributed by atoms with Gasteiger partial charge < -0.3 is 5.11 Å². The summed E-state index contributed by atoms with van der Waals surface area (Å²) in [5.41, 5.74) is 1.34. The van der Waals surface area contributed by atoms with Gasteiger partial charge in [0.1, 0.15) is 0 Å². The van der Waals surface area contributed by atoms with Crippen molar-refractivity contribution in [3.63, 3.8) is 0 Å². The lowest BCUT2D eigenvalue weighted by Gasteiger charge is -2.25. The number of hydrogen-bond acceptors (Lipinski definition) is 1. The number of rotatable bonds is 2. The summed E-state index contributed by atoms with van der Waals surface area (Å²) in [5, 5.41) is 10.2. The van der Waals surface area contributed by atoms with Crippen molar-refractivity contribution in [1.29, 1.82) is 0 Å². The van der Waals surface area contributed by atoms with Gasteiger partial charge >= 0.3 is 0 Å². The number of benzene rings is 1. The Labute approximate surface area is 109 Å². The molecule has 1 nitrogen and oxygen atoms in total. The fourth-order valence-corrected chi connectivity index (χ4v) is 2.04. The number of hydrogen-bond donors (Lipinski definition) is 1. The van der Waals surface area contributed by atoms with Gasteiger partial charge in [-0.25, -0.2) is 0 Å². The summed E-state index contributed by atoms with van der Waals surface area (Å²) in [4.78, 5) is 0. The van der Waals surface area contributed by atoms with Crippen LogP contribution in [0.3, 0.4) is 0 Å². The highest BCUT2D eigenvalue weighted by Gasteiger charge is 2.23. The Morgan fingerprint density at radius 1 is 1.22 bits per heavy atom. The largest absolute Gasteiger partial charge is 0.385 e. The number of aliphatic hydroxyl groups is 1. The smallest absolute Gasteiger partial charge is 0.0865 e. The van der Waals surface area contributed by atoms with Gasteiger partial charge in [-0.3, -0.25) is 0 Å². The lowest BCUT2D eigenvalue weighted by atomic mass is 9.88. The summed E-state index contributed by atoms with van der Waals surface area (Å²) < 4.78 is 0. The first-order chi connectivity index (χ1) is 8.72. The number of allylic oxidation sites excluding steroid dienone is 2. The molecule has 0 aromatic heterocycles. The zero-order valence-corrected chi connectivity index (χ0v) is 10.7. The Morgan fingerprint density at radius 2 is 2.00 bits per heavy atom. The molecule has 18 heavy (non-hydrogen) atoms. The molecule has 1 aliphatic rings. The lowest BCUT2D eigenvalue weighted by molar-refractivity contribution is 0.0824. The molecule has 0 bridgehead atoms. The molecular weight excluding hydrogens is 220 g/mol.